The van der Waals surface area contributed by atoms with E-state index in [1.54, 1.807) is 17.4 Å². The normalized spacial score (nSPS) is 26.8. The van der Waals surface area contributed by atoms with E-state index in [-0.39, 0.29) is 11.4 Å². The van der Waals surface area contributed by atoms with E-state index in [4.69, 9.17) is 27.9 Å². The fraction of sp³-hybridized carbons (Fsp3) is 0.474. The number of para-hydroxylation sites is 1. The predicted molar refractivity (Wildman–Crippen MR) is 103 cm³/mol. The maximum Gasteiger partial charge on any atom is 0.138 e. The lowest BCUT2D eigenvalue weighted by Crippen LogP contribution is -2.49. The van der Waals surface area contributed by atoms with Gasteiger partial charge in [0.2, 0.25) is 0 Å². The Labute approximate surface area is 162 Å². The minimum Gasteiger partial charge on any atom is -0.506 e. The average Bonchev–Trinajstić information content (AvgIpc) is 2.96. The highest BCUT2D eigenvalue weighted by Crippen LogP contribution is 2.48. The second kappa shape index (κ2) is 6.75. The first-order valence-electron chi connectivity index (χ1n) is 8.61. The number of hydrogen-bond acceptors (Lipinski definition) is 4. The van der Waals surface area contributed by atoms with Crippen LogP contribution >= 0.6 is 34.5 Å². The number of benzene rings is 1. The number of ether oxygens (including phenoxy) is 1. The van der Waals surface area contributed by atoms with Gasteiger partial charge in [-0.25, -0.2) is 0 Å². The minimum atomic E-state index is -0.197. The van der Waals surface area contributed by atoms with E-state index >= 15 is 0 Å². The zero-order valence-corrected chi connectivity index (χ0v) is 16.4. The van der Waals surface area contributed by atoms with Gasteiger partial charge in [0.05, 0.1) is 16.0 Å². The summed E-state index contributed by atoms with van der Waals surface area (Å²) in [5.74, 6) is 0.192. The van der Waals surface area contributed by atoms with Gasteiger partial charge in [-0.1, -0.05) is 35.3 Å². The zero-order valence-electron chi connectivity index (χ0n) is 14.1. The lowest BCUT2D eigenvalue weighted by Gasteiger charge is -2.47. The number of halogens is 2. The highest BCUT2D eigenvalue weighted by Gasteiger charge is 2.44. The summed E-state index contributed by atoms with van der Waals surface area (Å²) in [5.41, 5.74) is 2.03. The second-order valence-corrected chi connectivity index (χ2v) is 9.11. The summed E-state index contributed by atoms with van der Waals surface area (Å²) in [6.45, 7) is 4.61. The number of fused-ring (bicyclic) bond motifs is 2. The molecule has 1 aromatic carbocycles. The summed E-state index contributed by atoms with van der Waals surface area (Å²) < 4.78 is 7.17. The molecule has 6 heteroatoms. The third-order valence-electron chi connectivity index (χ3n) is 5.44. The standard InChI is InChI=1S/C19H21Cl2NO2S/c1-12-10-19(18-13(5-8-24-19)9-16(21)25-18)6-7-22(12)11-14-3-2-4-15(20)17(14)23/h2-4,9,12,23H,5-8,10-11H2,1H3/t12-,19+/m0/s1. The molecule has 1 fully saturated rings. The first kappa shape index (κ1) is 17.6. The average molecular weight is 398 g/mol. The van der Waals surface area contributed by atoms with Gasteiger partial charge < -0.3 is 9.84 Å². The summed E-state index contributed by atoms with van der Waals surface area (Å²) in [5, 5.41) is 10.6. The predicted octanol–water partition coefficient (Wildman–Crippen LogP) is 5.21. The molecule has 2 atom stereocenters. The molecule has 0 radical (unpaired) electrons. The van der Waals surface area contributed by atoms with Crippen LogP contribution in [0.15, 0.2) is 24.3 Å². The highest BCUT2D eigenvalue weighted by atomic mass is 35.5. The van der Waals surface area contributed by atoms with Gasteiger partial charge in [0, 0.05) is 29.6 Å². The number of nitrogens with zero attached hydrogens (tertiary/aromatic N) is 1. The molecule has 134 valence electrons. The van der Waals surface area contributed by atoms with Gasteiger partial charge in [-0.05, 0) is 43.9 Å². The largest absolute Gasteiger partial charge is 0.506 e. The fourth-order valence-electron chi connectivity index (χ4n) is 4.12. The maximum absolute atomic E-state index is 10.2. The Morgan fingerprint density at radius 2 is 2.24 bits per heavy atom. The lowest BCUT2D eigenvalue weighted by molar-refractivity contribution is -0.110. The Kier molecular flexibility index (Phi) is 4.76. The number of likely N-dealkylation sites (tertiary alicyclic amines) is 1. The molecule has 0 saturated carbocycles. The molecule has 3 nitrogen and oxygen atoms in total. The van der Waals surface area contributed by atoms with Crippen molar-refractivity contribution in [2.75, 3.05) is 13.2 Å². The van der Waals surface area contributed by atoms with Crippen LogP contribution in [0.5, 0.6) is 5.75 Å². The van der Waals surface area contributed by atoms with E-state index < -0.39 is 0 Å². The number of phenolic OH excluding ortho intramolecular Hbond substituents is 1. The number of phenols is 1. The van der Waals surface area contributed by atoms with E-state index in [2.05, 4.69) is 17.9 Å². The zero-order chi connectivity index (χ0) is 17.6. The molecular formula is C19H21Cl2NO2S. The molecular weight excluding hydrogens is 377 g/mol. The molecule has 25 heavy (non-hydrogen) atoms. The van der Waals surface area contributed by atoms with Crippen molar-refractivity contribution in [2.24, 2.45) is 0 Å². The molecule has 0 bridgehead atoms. The smallest absolute Gasteiger partial charge is 0.138 e. The highest BCUT2D eigenvalue weighted by molar-refractivity contribution is 7.16. The van der Waals surface area contributed by atoms with E-state index in [0.717, 1.165) is 42.3 Å². The minimum absolute atomic E-state index is 0.192. The Balaban J connectivity index is 1.54. The Morgan fingerprint density at radius 3 is 3.04 bits per heavy atom. The molecule has 4 rings (SSSR count). The summed E-state index contributed by atoms with van der Waals surface area (Å²) in [4.78, 5) is 3.71. The van der Waals surface area contributed by atoms with Crippen molar-refractivity contribution >= 4 is 34.5 Å². The number of rotatable bonds is 2. The van der Waals surface area contributed by atoms with Crippen molar-refractivity contribution < 1.29 is 9.84 Å². The van der Waals surface area contributed by atoms with Crippen LogP contribution < -0.4 is 0 Å². The Bertz CT molecular complexity index is 794. The van der Waals surface area contributed by atoms with Crippen molar-refractivity contribution in [1.29, 1.82) is 0 Å². The summed E-state index contributed by atoms with van der Waals surface area (Å²) in [6.07, 6.45) is 2.84. The molecule has 2 aromatic rings. The summed E-state index contributed by atoms with van der Waals surface area (Å²) >= 11 is 14.0. The third-order valence-corrected chi connectivity index (χ3v) is 7.23. The molecule has 1 saturated heterocycles. The van der Waals surface area contributed by atoms with E-state index in [9.17, 15) is 5.11 Å². The first-order valence-corrected chi connectivity index (χ1v) is 10.2. The van der Waals surface area contributed by atoms with Gasteiger partial charge in [0.1, 0.15) is 11.4 Å². The fourth-order valence-corrected chi connectivity index (χ4v) is 5.80. The number of hydrogen-bond donors (Lipinski definition) is 1. The maximum atomic E-state index is 10.2. The van der Waals surface area contributed by atoms with Crippen LogP contribution in [0.25, 0.3) is 0 Å². The monoisotopic (exact) mass is 397 g/mol. The first-order chi connectivity index (χ1) is 12.0. The van der Waals surface area contributed by atoms with Gasteiger partial charge in [0.25, 0.3) is 0 Å². The number of aromatic hydroxyl groups is 1. The molecule has 1 spiro atoms. The summed E-state index contributed by atoms with van der Waals surface area (Å²) in [7, 11) is 0. The molecule has 1 N–H and O–H groups in total. The SMILES string of the molecule is C[C@H]1C[C@@]2(CCN1Cc1cccc(Cl)c1O)OCCc1cc(Cl)sc12. The van der Waals surface area contributed by atoms with Crippen molar-refractivity contribution in [3.8, 4) is 5.75 Å². The van der Waals surface area contributed by atoms with Gasteiger partial charge in [-0.3, -0.25) is 4.90 Å². The van der Waals surface area contributed by atoms with E-state index in [1.807, 2.05) is 12.1 Å². The van der Waals surface area contributed by atoms with Gasteiger partial charge in [-0.15, -0.1) is 11.3 Å². The molecule has 2 aliphatic heterocycles. The van der Waals surface area contributed by atoms with Crippen LogP contribution in [0.2, 0.25) is 9.36 Å². The van der Waals surface area contributed by atoms with Crippen LogP contribution in [0, 0.1) is 0 Å². The van der Waals surface area contributed by atoms with Crippen molar-refractivity contribution in [3.63, 3.8) is 0 Å². The van der Waals surface area contributed by atoms with Crippen molar-refractivity contribution in [2.45, 2.75) is 44.4 Å². The lowest BCUT2D eigenvalue weighted by atomic mass is 9.82. The van der Waals surface area contributed by atoms with Crippen LogP contribution in [0.3, 0.4) is 0 Å². The molecule has 0 unspecified atom stereocenters. The number of thiophene rings is 1. The quantitative estimate of drug-likeness (QED) is 0.754. The Morgan fingerprint density at radius 1 is 1.40 bits per heavy atom. The van der Waals surface area contributed by atoms with Gasteiger partial charge in [0.15, 0.2) is 0 Å². The van der Waals surface area contributed by atoms with Crippen LogP contribution in [0.4, 0.5) is 0 Å². The van der Waals surface area contributed by atoms with Crippen LogP contribution in [-0.4, -0.2) is 29.2 Å². The molecule has 3 heterocycles. The van der Waals surface area contributed by atoms with Crippen molar-refractivity contribution in [3.05, 3.63) is 49.6 Å². The second-order valence-electron chi connectivity index (χ2n) is 7.02. The number of piperidine rings is 1. The third kappa shape index (κ3) is 3.19. The molecule has 1 aromatic heterocycles. The van der Waals surface area contributed by atoms with E-state index in [0.29, 0.717) is 17.6 Å². The van der Waals surface area contributed by atoms with Gasteiger partial charge in [-0.2, -0.15) is 0 Å². The molecule has 0 aliphatic carbocycles. The van der Waals surface area contributed by atoms with Crippen LogP contribution in [0.1, 0.15) is 35.8 Å². The van der Waals surface area contributed by atoms with Crippen LogP contribution in [-0.2, 0) is 23.3 Å². The van der Waals surface area contributed by atoms with Crippen molar-refractivity contribution in [1.82, 2.24) is 4.90 Å². The van der Waals surface area contributed by atoms with Gasteiger partial charge >= 0.3 is 0 Å². The topological polar surface area (TPSA) is 32.7 Å². The van der Waals surface area contributed by atoms with E-state index in [1.165, 1.54) is 10.4 Å². The molecule has 2 aliphatic rings. The molecule has 0 amide bonds. The summed E-state index contributed by atoms with van der Waals surface area (Å²) in [6, 6.07) is 7.99. The Hall–Kier alpha value is -0.780.